The fourth-order valence-electron chi connectivity index (χ4n) is 0.909. The van der Waals surface area contributed by atoms with Crippen molar-refractivity contribution in [2.45, 2.75) is 18.7 Å². The van der Waals surface area contributed by atoms with Crippen LogP contribution in [0.25, 0.3) is 0 Å². The van der Waals surface area contributed by atoms with E-state index in [0.717, 1.165) is 11.4 Å². The molecule has 1 N–H and O–H groups in total. The third kappa shape index (κ3) is 3.11. The Morgan fingerprint density at radius 1 is 1.31 bits per heavy atom. The molecule has 70 valence electrons. The van der Waals surface area contributed by atoms with Gasteiger partial charge in [0.25, 0.3) is 0 Å². The molecule has 0 fully saturated rings. The molecule has 0 atom stereocenters. The van der Waals surface area contributed by atoms with Gasteiger partial charge in [-0.25, -0.2) is 0 Å². The average Bonchev–Trinajstić information content (AvgIpc) is 2.15. The van der Waals surface area contributed by atoms with Crippen LogP contribution < -0.4 is 5.43 Å². The Labute approximate surface area is 83.4 Å². The van der Waals surface area contributed by atoms with Crippen LogP contribution >= 0.6 is 11.8 Å². The van der Waals surface area contributed by atoms with Gasteiger partial charge in [-0.1, -0.05) is 12.1 Å². The quantitative estimate of drug-likeness (QED) is 0.454. The molecule has 0 radical (unpaired) electrons. The maximum Gasteiger partial charge on any atom is 0.0697 e. The van der Waals surface area contributed by atoms with Crippen molar-refractivity contribution in [3.8, 4) is 0 Å². The molecule has 0 saturated heterocycles. The topological polar surface area (TPSA) is 24.4 Å². The van der Waals surface area contributed by atoms with Crippen LogP contribution in [-0.4, -0.2) is 12.0 Å². The summed E-state index contributed by atoms with van der Waals surface area (Å²) in [4.78, 5) is 1.22. The Bertz CT molecular complexity index is 304. The van der Waals surface area contributed by atoms with Crippen molar-refractivity contribution in [3.63, 3.8) is 0 Å². The Morgan fingerprint density at radius 3 is 2.62 bits per heavy atom. The van der Waals surface area contributed by atoms with Crippen LogP contribution in [0.5, 0.6) is 0 Å². The minimum absolute atomic E-state index is 1.02. The maximum atomic E-state index is 4.16. The molecule has 0 aliphatic heterocycles. The molecular weight excluding hydrogens is 180 g/mol. The second-order valence-electron chi connectivity index (χ2n) is 2.87. The zero-order valence-corrected chi connectivity index (χ0v) is 8.98. The molecule has 0 spiro atoms. The van der Waals surface area contributed by atoms with Gasteiger partial charge in [0.1, 0.15) is 0 Å². The van der Waals surface area contributed by atoms with Crippen LogP contribution in [-0.2, 0) is 0 Å². The van der Waals surface area contributed by atoms with Crippen LogP contribution in [0.1, 0.15) is 13.8 Å². The maximum absolute atomic E-state index is 4.16. The lowest BCUT2D eigenvalue weighted by atomic mass is 10.3. The summed E-state index contributed by atoms with van der Waals surface area (Å²) in [6.45, 7) is 3.93. The van der Waals surface area contributed by atoms with Crippen LogP contribution in [0.3, 0.4) is 0 Å². The first-order valence-corrected chi connectivity index (χ1v) is 5.36. The van der Waals surface area contributed by atoms with E-state index in [9.17, 15) is 0 Å². The van der Waals surface area contributed by atoms with Gasteiger partial charge in [0.15, 0.2) is 0 Å². The van der Waals surface area contributed by atoms with E-state index in [0.29, 0.717) is 0 Å². The highest BCUT2D eigenvalue weighted by Crippen LogP contribution is 2.24. The molecule has 0 aromatic heterocycles. The summed E-state index contributed by atoms with van der Waals surface area (Å²) in [6.07, 6.45) is 2.06. The number of para-hydroxylation sites is 1. The highest BCUT2D eigenvalue weighted by molar-refractivity contribution is 7.98. The van der Waals surface area contributed by atoms with Crippen LogP contribution in [0.2, 0.25) is 0 Å². The number of rotatable bonds is 3. The first kappa shape index (κ1) is 10.1. The number of benzene rings is 1. The van der Waals surface area contributed by atoms with Gasteiger partial charge in [-0.2, -0.15) is 5.10 Å². The minimum Gasteiger partial charge on any atom is -0.277 e. The number of anilines is 1. The minimum atomic E-state index is 1.02. The second kappa shape index (κ2) is 4.92. The lowest BCUT2D eigenvalue weighted by Gasteiger charge is -2.05. The predicted molar refractivity (Wildman–Crippen MR) is 60.6 cm³/mol. The van der Waals surface area contributed by atoms with Gasteiger partial charge in [0, 0.05) is 10.6 Å². The molecule has 0 aliphatic carbocycles. The number of nitrogens with zero attached hydrogens (tertiary/aromatic N) is 1. The van der Waals surface area contributed by atoms with Gasteiger partial charge in [-0.3, -0.25) is 5.43 Å². The first-order valence-electron chi connectivity index (χ1n) is 4.14. The Kier molecular flexibility index (Phi) is 3.83. The van der Waals surface area contributed by atoms with Crippen LogP contribution in [0.15, 0.2) is 34.3 Å². The summed E-state index contributed by atoms with van der Waals surface area (Å²) in [7, 11) is 0. The van der Waals surface area contributed by atoms with E-state index in [4.69, 9.17) is 0 Å². The molecule has 3 heteroatoms. The van der Waals surface area contributed by atoms with Crippen molar-refractivity contribution in [2.24, 2.45) is 5.10 Å². The molecule has 0 aliphatic rings. The molecule has 2 nitrogen and oxygen atoms in total. The van der Waals surface area contributed by atoms with Crippen molar-refractivity contribution in [1.29, 1.82) is 0 Å². The Balaban J connectivity index is 2.81. The SMILES string of the molecule is CSc1ccccc1NN=C(C)C. The molecule has 0 amide bonds. The van der Waals surface area contributed by atoms with E-state index in [2.05, 4.69) is 22.8 Å². The molecule has 0 heterocycles. The van der Waals surface area contributed by atoms with Gasteiger partial charge < -0.3 is 0 Å². The van der Waals surface area contributed by atoms with Crippen LogP contribution in [0.4, 0.5) is 5.69 Å². The molecule has 0 bridgehead atoms. The Morgan fingerprint density at radius 2 is 2.00 bits per heavy atom. The van der Waals surface area contributed by atoms with Crippen molar-refractivity contribution in [3.05, 3.63) is 24.3 Å². The number of nitrogens with one attached hydrogen (secondary N) is 1. The summed E-state index contributed by atoms with van der Waals surface area (Å²) in [6, 6.07) is 8.13. The van der Waals surface area contributed by atoms with Gasteiger partial charge >= 0.3 is 0 Å². The summed E-state index contributed by atoms with van der Waals surface area (Å²) >= 11 is 1.72. The molecule has 0 unspecified atom stereocenters. The number of hydrogen-bond acceptors (Lipinski definition) is 3. The van der Waals surface area contributed by atoms with Crippen molar-refractivity contribution in [2.75, 3.05) is 11.7 Å². The molecule has 1 aromatic carbocycles. The predicted octanol–water partition coefficient (Wildman–Crippen LogP) is 3.22. The van der Waals surface area contributed by atoms with E-state index in [1.165, 1.54) is 4.90 Å². The number of thioether (sulfide) groups is 1. The molecular formula is C10H14N2S. The van der Waals surface area contributed by atoms with Gasteiger partial charge in [-0.05, 0) is 32.2 Å². The lowest BCUT2D eigenvalue weighted by Crippen LogP contribution is -1.93. The summed E-state index contributed by atoms with van der Waals surface area (Å²) < 4.78 is 0. The van der Waals surface area contributed by atoms with E-state index in [1.54, 1.807) is 11.8 Å². The van der Waals surface area contributed by atoms with Crippen molar-refractivity contribution >= 4 is 23.2 Å². The van der Waals surface area contributed by atoms with Crippen molar-refractivity contribution in [1.82, 2.24) is 0 Å². The Hall–Kier alpha value is -0.960. The van der Waals surface area contributed by atoms with E-state index < -0.39 is 0 Å². The molecule has 13 heavy (non-hydrogen) atoms. The summed E-state index contributed by atoms with van der Waals surface area (Å²) in [5.74, 6) is 0. The fourth-order valence-corrected chi connectivity index (χ4v) is 1.46. The molecule has 1 aromatic rings. The third-order valence-corrected chi connectivity index (χ3v) is 2.30. The highest BCUT2D eigenvalue weighted by atomic mass is 32.2. The van der Waals surface area contributed by atoms with Gasteiger partial charge in [-0.15, -0.1) is 11.8 Å². The standard InChI is InChI=1S/C10H14N2S/c1-8(2)11-12-9-6-4-5-7-10(9)13-3/h4-7,12H,1-3H3. The van der Waals surface area contributed by atoms with Gasteiger partial charge in [0.2, 0.25) is 0 Å². The highest BCUT2D eigenvalue weighted by Gasteiger charge is 1.96. The van der Waals surface area contributed by atoms with E-state index in [-0.39, 0.29) is 0 Å². The molecule has 1 rings (SSSR count). The number of hydrogen-bond donors (Lipinski definition) is 1. The lowest BCUT2D eigenvalue weighted by molar-refractivity contribution is 1.27. The monoisotopic (exact) mass is 194 g/mol. The van der Waals surface area contributed by atoms with E-state index in [1.807, 2.05) is 32.0 Å². The smallest absolute Gasteiger partial charge is 0.0697 e. The number of hydrazone groups is 1. The van der Waals surface area contributed by atoms with E-state index >= 15 is 0 Å². The first-order chi connectivity index (χ1) is 6.24. The van der Waals surface area contributed by atoms with Crippen molar-refractivity contribution < 1.29 is 0 Å². The molecule has 0 saturated carbocycles. The fraction of sp³-hybridized carbons (Fsp3) is 0.300. The third-order valence-electron chi connectivity index (χ3n) is 1.51. The second-order valence-corrected chi connectivity index (χ2v) is 3.72. The summed E-state index contributed by atoms with van der Waals surface area (Å²) in [5.41, 5.74) is 5.12. The average molecular weight is 194 g/mol. The normalized spacial score (nSPS) is 9.46. The van der Waals surface area contributed by atoms with Gasteiger partial charge in [0.05, 0.1) is 5.69 Å². The van der Waals surface area contributed by atoms with Crippen LogP contribution in [0, 0.1) is 0 Å². The zero-order valence-electron chi connectivity index (χ0n) is 8.16. The summed E-state index contributed by atoms with van der Waals surface area (Å²) in [5, 5.41) is 4.16. The largest absolute Gasteiger partial charge is 0.277 e. The zero-order chi connectivity index (χ0) is 9.68.